The summed E-state index contributed by atoms with van der Waals surface area (Å²) in [6, 6.07) is 5.38. The van der Waals surface area contributed by atoms with E-state index in [1.165, 1.54) is 0 Å². The molecule has 1 aliphatic heterocycles. The van der Waals surface area contributed by atoms with Gasteiger partial charge in [-0.25, -0.2) is 4.79 Å². The number of ether oxygens (including phenoxy) is 1. The summed E-state index contributed by atoms with van der Waals surface area (Å²) in [5.74, 6) is -0.887. The molecule has 4 heteroatoms. The van der Waals surface area contributed by atoms with Gasteiger partial charge in [0.2, 0.25) is 0 Å². The fraction of sp³-hybridized carbons (Fsp3) is 0.462. The van der Waals surface area contributed by atoms with Gasteiger partial charge < -0.3 is 14.7 Å². The maximum atomic E-state index is 11.3. The predicted molar refractivity (Wildman–Crippen MR) is 65.7 cm³/mol. The zero-order valence-corrected chi connectivity index (χ0v) is 10.1. The van der Waals surface area contributed by atoms with E-state index in [-0.39, 0.29) is 6.10 Å². The highest BCUT2D eigenvalue weighted by molar-refractivity contribution is 5.92. The molecule has 0 bridgehead atoms. The molecule has 1 aromatic carbocycles. The van der Waals surface area contributed by atoms with E-state index in [0.29, 0.717) is 12.2 Å². The number of fused-ring (bicyclic) bond motifs is 1. The Bertz CT molecular complexity index is 431. The first-order valence-corrected chi connectivity index (χ1v) is 5.84. The number of rotatable bonds is 3. The average molecular weight is 235 g/mol. The molecule has 1 heterocycles. The van der Waals surface area contributed by atoms with Crippen LogP contribution in [0.4, 0.5) is 5.69 Å². The van der Waals surface area contributed by atoms with Gasteiger partial charge in [0, 0.05) is 31.5 Å². The second-order valence-electron chi connectivity index (χ2n) is 4.20. The zero-order chi connectivity index (χ0) is 12.4. The fourth-order valence-corrected chi connectivity index (χ4v) is 2.35. The smallest absolute Gasteiger partial charge is 0.336 e. The number of anilines is 1. The molecule has 4 nitrogen and oxygen atoms in total. The number of nitrogens with zero attached hydrogens (tertiary/aromatic N) is 1. The van der Waals surface area contributed by atoms with Crippen molar-refractivity contribution in [1.82, 2.24) is 0 Å². The quantitative estimate of drug-likeness (QED) is 0.873. The number of aromatic carboxylic acids is 1. The summed E-state index contributed by atoms with van der Waals surface area (Å²) in [7, 11) is 1.98. The van der Waals surface area contributed by atoms with Crippen molar-refractivity contribution in [2.24, 2.45) is 0 Å². The molecule has 1 aromatic rings. The van der Waals surface area contributed by atoms with Gasteiger partial charge in [0.25, 0.3) is 0 Å². The molecule has 1 N–H and O–H groups in total. The van der Waals surface area contributed by atoms with Crippen LogP contribution in [0.25, 0.3) is 0 Å². The van der Waals surface area contributed by atoms with Crippen molar-refractivity contribution < 1.29 is 14.6 Å². The van der Waals surface area contributed by atoms with Crippen molar-refractivity contribution in [1.29, 1.82) is 0 Å². The van der Waals surface area contributed by atoms with Crippen molar-refractivity contribution in [3.8, 4) is 0 Å². The Morgan fingerprint density at radius 1 is 1.59 bits per heavy atom. The third-order valence-electron chi connectivity index (χ3n) is 3.14. The third kappa shape index (κ3) is 2.13. The van der Waals surface area contributed by atoms with Crippen LogP contribution in [0.5, 0.6) is 0 Å². The normalized spacial score (nSPS) is 18.9. The van der Waals surface area contributed by atoms with Crippen molar-refractivity contribution in [2.75, 3.05) is 25.1 Å². The van der Waals surface area contributed by atoms with E-state index in [1.54, 1.807) is 12.1 Å². The highest BCUT2D eigenvalue weighted by Crippen LogP contribution is 2.37. The van der Waals surface area contributed by atoms with E-state index >= 15 is 0 Å². The number of carbonyl (C=O) groups is 1. The molecule has 0 amide bonds. The number of carboxylic acid groups (broad SMARTS) is 1. The van der Waals surface area contributed by atoms with Gasteiger partial charge in [-0.3, -0.25) is 0 Å². The minimum Gasteiger partial charge on any atom is -0.478 e. The molecule has 0 saturated heterocycles. The molecule has 1 aliphatic rings. The monoisotopic (exact) mass is 235 g/mol. The predicted octanol–water partition coefficient (Wildman–Crippen LogP) is 2.30. The lowest BCUT2D eigenvalue weighted by molar-refractivity contribution is 0.0514. The van der Waals surface area contributed by atoms with Crippen LogP contribution in [-0.4, -0.2) is 31.3 Å². The number of benzene rings is 1. The zero-order valence-electron chi connectivity index (χ0n) is 10.1. The summed E-state index contributed by atoms with van der Waals surface area (Å²) in [6.07, 6.45) is 0.736. The van der Waals surface area contributed by atoms with Crippen LogP contribution in [0.2, 0.25) is 0 Å². The largest absolute Gasteiger partial charge is 0.478 e. The first kappa shape index (κ1) is 11.9. The molecule has 2 rings (SSSR count). The van der Waals surface area contributed by atoms with Crippen molar-refractivity contribution in [3.05, 3.63) is 29.3 Å². The molecule has 0 aliphatic carbocycles. The highest BCUT2D eigenvalue weighted by Gasteiger charge is 2.28. The van der Waals surface area contributed by atoms with E-state index in [0.717, 1.165) is 24.2 Å². The molecule has 92 valence electrons. The molecule has 1 unspecified atom stereocenters. The van der Waals surface area contributed by atoms with Crippen LogP contribution < -0.4 is 4.90 Å². The van der Waals surface area contributed by atoms with Crippen molar-refractivity contribution >= 4 is 11.7 Å². The second kappa shape index (κ2) is 4.75. The lowest BCUT2D eigenvalue weighted by Crippen LogP contribution is -2.29. The Labute approximate surface area is 101 Å². The minimum absolute atomic E-state index is 0.0986. The number of hydrogen-bond acceptors (Lipinski definition) is 3. The van der Waals surface area contributed by atoms with Gasteiger partial charge in [0.05, 0.1) is 11.7 Å². The minimum atomic E-state index is -0.887. The molecule has 0 aromatic heterocycles. The van der Waals surface area contributed by atoms with Crippen LogP contribution >= 0.6 is 0 Å². The molecule has 0 spiro atoms. The summed E-state index contributed by atoms with van der Waals surface area (Å²) < 4.78 is 5.66. The van der Waals surface area contributed by atoms with Crippen LogP contribution in [-0.2, 0) is 4.74 Å². The van der Waals surface area contributed by atoms with Gasteiger partial charge in [0.15, 0.2) is 0 Å². The summed E-state index contributed by atoms with van der Waals surface area (Å²) in [5.41, 5.74) is 2.14. The lowest BCUT2D eigenvalue weighted by Gasteiger charge is -2.33. The molecule has 0 saturated carbocycles. The van der Waals surface area contributed by atoms with Crippen LogP contribution in [0.1, 0.15) is 35.4 Å². The molecule has 17 heavy (non-hydrogen) atoms. The standard InChI is InChI=1S/C13H17NO3/c1-3-17-11-7-8-14(2)10-6-4-5-9(12(10)11)13(15)16/h4-6,11H,3,7-8H2,1-2H3,(H,15,16). The third-order valence-corrected chi connectivity index (χ3v) is 3.14. The van der Waals surface area contributed by atoms with Gasteiger partial charge in [-0.05, 0) is 25.5 Å². The van der Waals surface area contributed by atoms with Crippen LogP contribution in [0, 0.1) is 0 Å². The fourth-order valence-electron chi connectivity index (χ4n) is 2.35. The Balaban J connectivity index is 2.52. The van der Waals surface area contributed by atoms with E-state index in [4.69, 9.17) is 4.74 Å². The summed E-state index contributed by atoms with van der Waals surface area (Å²) >= 11 is 0. The highest BCUT2D eigenvalue weighted by atomic mass is 16.5. The lowest BCUT2D eigenvalue weighted by atomic mass is 9.94. The summed E-state index contributed by atoms with van der Waals surface area (Å²) in [4.78, 5) is 13.3. The molecule has 0 fully saturated rings. The maximum Gasteiger partial charge on any atom is 0.336 e. The Morgan fingerprint density at radius 3 is 3.00 bits per heavy atom. The van der Waals surface area contributed by atoms with Gasteiger partial charge in [-0.2, -0.15) is 0 Å². The maximum absolute atomic E-state index is 11.3. The average Bonchev–Trinajstić information content (AvgIpc) is 2.32. The second-order valence-corrected chi connectivity index (χ2v) is 4.20. The van der Waals surface area contributed by atoms with Crippen LogP contribution in [0.3, 0.4) is 0 Å². The molecular weight excluding hydrogens is 218 g/mol. The Kier molecular flexibility index (Phi) is 3.33. The summed E-state index contributed by atoms with van der Waals surface area (Å²) in [5, 5.41) is 9.24. The Morgan fingerprint density at radius 2 is 2.35 bits per heavy atom. The first-order chi connectivity index (χ1) is 8.15. The van der Waals surface area contributed by atoms with E-state index in [1.807, 2.05) is 20.0 Å². The number of carboxylic acids is 1. The van der Waals surface area contributed by atoms with Gasteiger partial charge in [-0.15, -0.1) is 0 Å². The number of hydrogen-bond donors (Lipinski definition) is 1. The summed E-state index contributed by atoms with van der Waals surface area (Å²) in [6.45, 7) is 3.42. The van der Waals surface area contributed by atoms with E-state index in [2.05, 4.69) is 4.90 Å². The van der Waals surface area contributed by atoms with Crippen molar-refractivity contribution in [3.63, 3.8) is 0 Å². The van der Waals surface area contributed by atoms with Gasteiger partial charge >= 0.3 is 5.97 Å². The molecule has 0 radical (unpaired) electrons. The first-order valence-electron chi connectivity index (χ1n) is 5.84. The van der Waals surface area contributed by atoms with Gasteiger partial charge in [-0.1, -0.05) is 6.07 Å². The Hall–Kier alpha value is -1.55. The van der Waals surface area contributed by atoms with Gasteiger partial charge in [0.1, 0.15) is 0 Å². The molecule has 1 atom stereocenters. The molecular formula is C13H17NO3. The SMILES string of the molecule is CCOC1CCN(C)c2cccc(C(=O)O)c21. The van der Waals surface area contributed by atoms with Crippen molar-refractivity contribution in [2.45, 2.75) is 19.4 Å². The van der Waals surface area contributed by atoms with Crippen LogP contribution in [0.15, 0.2) is 18.2 Å². The van der Waals surface area contributed by atoms with E-state index < -0.39 is 5.97 Å². The topological polar surface area (TPSA) is 49.8 Å². The van der Waals surface area contributed by atoms with E-state index in [9.17, 15) is 9.90 Å².